The van der Waals surface area contributed by atoms with Gasteiger partial charge in [0, 0.05) is 16.8 Å². The van der Waals surface area contributed by atoms with E-state index >= 15 is 0 Å². The normalized spacial score (nSPS) is 33.1. The molecule has 0 radical (unpaired) electrons. The Hall–Kier alpha value is -1.80. The van der Waals surface area contributed by atoms with Gasteiger partial charge in [0.15, 0.2) is 0 Å². The first kappa shape index (κ1) is 26.8. The number of thioether (sulfide) groups is 1. The Morgan fingerprint density at radius 2 is 1.94 bits per heavy atom. The molecule has 8 heteroatoms. The Balaban J connectivity index is 2.17. The van der Waals surface area contributed by atoms with Crippen molar-refractivity contribution < 1.29 is 24.2 Å². The van der Waals surface area contributed by atoms with Gasteiger partial charge < -0.3 is 19.6 Å². The number of ether oxygens (including phenoxy) is 1. The fourth-order valence-corrected chi connectivity index (χ4v) is 8.51. The van der Waals surface area contributed by atoms with Gasteiger partial charge in [0.05, 0.1) is 29.2 Å². The topological polar surface area (TPSA) is 87.1 Å². The standard InChI is InChI=1S/C26H40N2O5S/c1-9-13-27(24(5,6)7)22(31)20-26-12-11-25(8,34-26)19(23(32)33-14-10-2)18(26)21(30)28(20)17(15-29)16(3)4/h9-10,16-20,29H,1-2,11-15H2,3-8H3/t17-,18-,19+,20?,25-,26?/m0/s1. The number of carbonyl (C=O) groups excluding carboxylic acids is 3. The lowest BCUT2D eigenvalue weighted by molar-refractivity contribution is -0.155. The van der Waals surface area contributed by atoms with Crippen molar-refractivity contribution in [1.29, 1.82) is 0 Å². The number of aliphatic hydroxyl groups excluding tert-OH is 1. The number of likely N-dealkylation sites (tertiary alicyclic amines) is 1. The van der Waals surface area contributed by atoms with Crippen LogP contribution in [0.2, 0.25) is 0 Å². The first-order valence-electron chi connectivity index (χ1n) is 12.1. The van der Waals surface area contributed by atoms with Crippen LogP contribution in [0.15, 0.2) is 25.3 Å². The number of aliphatic hydroxyl groups is 1. The number of hydrogen-bond acceptors (Lipinski definition) is 6. The molecule has 1 N–H and O–H groups in total. The first-order chi connectivity index (χ1) is 15.8. The zero-order valence-corrected chi connectivity index (χ0v) is 22.2. The molecule has 0 aliphatic carbocycles. The van der Waals surface area contributed by atoms with Crippen molar-refractivity contribution in [2.75, 3.05) is 19.8 Å². The van der Waals surface area contributed by atoms with Gasteiger partial charge in [0.1, 0.15) is 12.6 Å². The maximum atomic E-state index is 14.3. The van der Waals surface area contributed by atoms with Crippen molar-refractivity contribution in [3.8, 4) is 0 Å². The Morgan fingerprint density at radius 3 is 2.44 bits per heavy atom. The molecule has 6 atom stereocenters. The number of carbonyl (C=O) groups is 3. The first-order valence-corrected chi connectivity index (χ1v) is 13.0. The van der Waals surface area contributed by atoms with E-state index < -0.39 is 44.9 Å². The van der Waals surface area contributed by atoms with Crippen LogP contribution in [-0.2, 0) is 19.1 Å². The highest BCUT2D eigenvalue weighted by molar-refractivity contribution is 8.02. The Kier molecular flexibility index (Phi) is 7.36. The van der Waals surface area contributed by atoms with E-state index in [2.05, 4.69) is 13.2 Å². The second-order valence-electron chi connectivity index (χ2n) is 11.3. The summed E-state index contributed by atoms with van der Waals surface area (Å²) >= 11 is 1.61. The van der Waals surface area contributed by atoms with Crippen LogP contribution in [0.5, 0.6) is 0 Å². The van der Waals surface area contributed by atoms with Crippen LogP contribution in [0.1, 0.15) is 54.4 Å². The molecule has 7 nitrogen and oxygen atoms in total. The van der Waals surface area contributed by atoms with Crippen molar-refractivity contribution in [1.82, 2.24) is 9.80 Å². The number of esters is 1. The number of rotatable bonds is 9. The highest BCUT2D eigenvalue weighted by Gasteiger charge is 2.78. The Labute approximate surface area is 208 Å². The third-order valence-corrected chi connectivity index (χ3v) is 9.73. The van der Waals surface area contributed by atoms with Crippen molar-refractivity contribution >= 4 is 29.5 Å². The van der Waals surface area contributed by atoms with Gasteiger partial charge in [-0.05, 0) is 46.5 Å². The van der Waals surface area contributed by atoms with E-state index in [1.807, 2.05) is 41.5 Å². The molecule has 3 saturated heterocycles. The maximum Gasteiger partial charge on any atom is 0.311 e. The van der Waals surface area contributed by atoms with Crippen molar-refractivity contribution in [2.45, 2.75) is 81.5 Å². The van der Waals surface area contributed by atoms with Crippen LogP contribution in [-0.4, -0.2) is 79.6 Å². The average Bonchev–Trinajstić information content (AvgIpc) is 3.30. The van der Waals surface area contributed by atoms with Crippen LogP contribution < -0.4 is 0 Å². The van der Waals surface area contributed by atoms with E-state index in [-0.39, 0.29) is 30.9 Å². The summed E-state index contributed by atoms with van der Waals surface area (Å²) < 4.78 is 4.22. The van der Waals surface area contributed by atoms with Crippen LogP contribution in [0.4, 0.5) is 0 Å². The van der Waals surface area contributed by atoms with E-state index in [4.69, 9.17) is 4.74 Å². The Morgan fingerprint density at radius 1 is 1.29 bits per heavy atom. The number of nitrogens with zero attached hydrogens (tertiary/aromatic N) is 2. The van der Waals surface area contributed by atoms with Crippen LogP contribution in [0.3, 0.4) is 0 Å². The molecule has 1 spiro atoms. The highest BCUT2D eigenvalue weighted by Crippen LogP contribution is 2.72. The van der Waals surface area contributed by atoms with Gasteiger partial charge in [-0.15, -0.1) is 18.3 Å². The lowest BCUT2D eigenvalue weighted by Gasteiger charge is -2.44. The summed E-state index contributed by atoms with van der Waals surface area (Å²) in [5.74, 6) is -2.17. The summed E-state index contributed by atoms with van der Waals surface area (Å²) in [7, 11) is 0. The van der Waals surface area contributed by atoms with E-state index in [0.29, 0.717) is 13.0 Å². The highest BCUT2D eigenvalue weighted by atomic mass is 32.2. The fraction of sp³-hybridized carbons (Fsp3) is 0.731. The molecule has 190 valence electrons. The van der Waals surface area contributed by atoms with E-state index in [0.717, 1.165) is 6.42 Å². The van der Waals surface area contributed by atoms with Crippen molar-refractivity contribution in [3.63, 3.8) is 0 Å². The molecule has 2 unspecified atom stereocenters. The second kappa shape index (κ2) is 9.34. The molecule has 2 amide bonds. The summed E-state index contributed by atoms with van der Waals surface area (Å²) in [5, 5.41) is 10.3. The molecule has 2 bridgehead atoms. The fourth-order valence-electron chi connectivity index (χ4n) is 6.18. The molecule has 3 heterocycles. The third kappa shape index (κ3) is 4.00. The SMILES string of the molecule is C=CCOC(=O)[C@H]1[C@H]2C(=O)N([C@@H](CO)C(C)C)C(C(=O)N(CC=C)C(C)(C)C)C23CC[C@]1(C)S3. The molecule has 3 fully saturated rings. The van der Waals surface area contributed by atoms with E-state index in [9.17, 15) is 19.5 Å². The summed E-state index contributed by atoms with van der Waals surface area (Å²) in [6, 6.07) is -1.29. The molecule has 0 aromatic heterocycles. The minimum Gasteiger partial charge on any atom is -0.461 e. The minimum absolute atomic E-state index is 0.0640. The molecular weight excluding hydrogens is 452 g/mol. The van der Waals surface area contributed by atoms with Gasteiger partial charge >= 0.3 is 5.97 Å². The molecule has 0 saturated carbocycles. The molecule has 3 aliphatic rings. The average molecular weight is 493 g/mol. The monoisotopic (exact) mass is 492 g/mol. The second-order valence-corrected chi connectivity index (χ2v) is 13.2. The van der Waals surface area contributed by atoms with Gasteiger partial charge in [0.25, 0.3) is 0 Å². The van der Waals surface area contributed by atoms with Crippen molar-refractivity contribution in [3.05, 3.63) is 25.3 Å². The van der Waals surface area contributed by atoms with Crippen molar-refractivity contribution in [2.24, 2.45) is 17.8 Å². The predicted molar refractivity (Wildman–Crippen MR) is 134 cm³/mol. The number of fused-ring (bicyclic) bond motifs is 1. The zero-order valence-electron chi connectivity index (χ0n) is 21.4. The molecule has 0 aromatic rings. The van der Waals surface area contributed by atoms with Gasteiger partial charge in [0.2, 0.25) is 11.8 Å². The molecule has 3 rings (SSSR count). The van der Waals surface area contributed by atoms with Crippen LogP contribution in [0, 0.1) is 17.8 Å². The van der Waals surface area contributed by atoms with Crippen LogP contribution >= 0.6 is 11.8 Å². The van der Waals surface area contributed by atoms with Gasteiger partial charge in [-0.25, -0.2) is 0 Å². The third-order valence-electron chi connectivity index (χ3n) is 7.75. The quantitative estimate of drug-likeness (QED) is 0.393. The Bertz CT molecular complexity index is 868. The van der Waals surface area contributed by atoms with Gasteiger partial charge in [-0.3, -0.25) is 14.4 Å². The van der Waals surface area contributed by atoms with E-state index in [1.54, 1.807) is 27.6 Å². The summed E-state index contributed by atoms with van der Waals surface area (Å²) in [6.45, 7) is 19.4. The lowest BCUT2D eigenvalue weighted by atomic mass is 9.66. The lowest BCUT2D eigenvalue weighted by Crippen LogP contribution is -2.61. The van der Waals surface area contributed by atoms with Gasteiger partial charge in [-0.1, -0.05) is 32.6 Å². The smallest absolute Gasteiger partial charge is 0.311 e. The molecular formula is C26H40N2O5S. The maximum absolute atomic E-state index is 14.3. The van der Waals surface area contributed by atoms with Crippen LogP contribution in [0.25, 0.3) is 0 Å². The number of hydrogen-bond donors (Lipinski definition) is 1. The minimum atomic E-state index is -0.771. The van der Waals surface area contributed by atoms with E-state index in [1.165, 1.54) is 6.08 Å². The molecule has 34 heavy (non-hydrogen) atoms. The number of amides is 2. The largest absolute Gasteiger partial charge is 0.461 e. The summed E-state index contributed by atoms with van der Waals surface area (Å²) in [4.78, 5) is 45.1. The summed E-state index contributed by atoms with van der Waals surface area (Å²) in [6.07, 6.45) is 4.59. The molecule has 3 aliphatic heterocycles. The van der Waals surface area contributed by atoms with Gasteiger partial charge in [-0.2, -0.15) is 0 Å². The predicted octanol–water partition coefficient (Wildman–Crippen LogP) is 3.03. The zero-order chi connectivity index (χ0) is 25.6. The summed E-state index contributed by atoms with van der Waals surface area (Å²) in [5.41, 5.74) is -0.491. The molecule has 0 aromatic carbocycles.